The Labute approximate surface area is 72.6 Å². The van der Waals surface area contributed by atoms with E-state index in [0.29, 0.717) is 11.8 Å². The number of carbonyl (C=O) groups is 1. The molecule has 2 rings (SSSR count). The first-order valence-electron chi connectivity index (χ1n) is 4.38. The Morgan fingerprint density at radius 2 is 1.75 bits per heavy atom. The molecule has 0 N–H and O–H groups in total. The van der Waals surface area contributed by atoms with Gasteiger partial charge in [-0.05, 0) is 0 Å². The molecule has 2 heteroatoms. The summed E-state index contributed by atoms with van der Waals surface area (Å²) in [5, 5.41) is 0. The number of hydrogen-bond donors (Lipinski definition) is 0. The lowest BCUT2D eigenvalue weighted by Gasteiger charge is -2.11. The van der Waals surface area contributed by atoms with Crippen molar-refractivity contribution in [3.05, 3.63) is 24.3 Å². The van der Waals surface area contributed by atoms with Crippen LogP contribution < -0.4 is 0 Å². The molecule has 2 atom stereocenters. The monoisotopic (exact) mass is 163 g/mol. The van der Waals surface area contributed by atoms with Gasteiger partial charge in [0.05, 0.1) is 0 Å². The maximum atomic E-state index is 11.1. The summed E-state index contributed by atoms with van der Waals surface area (Å²) in [7, 11) is 0. The maximum absolute atomic E-state index is 11.1. The van der Waals surface area contributed by atoms with Crippen LogP contribution in [0.2, 0.25) is 0 Å². The largest absolute Gasteiger partial charge is 0.342 e. The number of fused-ring (bicyclic) bond motifs is 1. The zero-order chi connectivity index (χ0) is 8.55. The van der Waals surface area contributed by atoms with Crippen LogP contribution >= 0.6 is 0 Å². The molecule has 0 radical (unpaired) electrons. The molecule has 1 aliphatic heterocycles. The summed E-state index contributed by atoms with van der Waals surface area (Å²) in [6.07, 6.45) is 8.55. The number of allylic oxidation sites excluding steroid dienone is 2. The van der Waals surface area contributed by atoms with Gasteiger partial charge in [-0.2, -0.15) is 0 Å². The normalized spacial score (nSPS) is 32.2. The first-order valence-corrected chi connectivity index (χ1v) is 4.38. The Kier molecular flexibility index (Phi) is 1.75. The standard InChI is InChI=1S/C10H13NO/c1-8(12)11-6-9-4-2-3-5-10(9)7-11/h2-5,9-10H,6-7H2,1H3. The first kappa shape index (κ1) is 7.59. The van der Waals surface area contributed by atoms with Crippen LogP contribution in [0, 0.1) is 11.8 Å². The van der Waals surface area contributed by atoms with E-state index in [-0.39, 0.29) is 5.91 Å². The lowest BCUT2D eigenvalue weighted by Crippen LogP contribution is -2.25. The SMILES string of the molecule is CC(=O)N1CC2C=CC=CC2C1. The predicted octanol–water partition coefficient (Wildman–Crippen LogP) is 1.21. The Morgan fingerprint density at radius 3 is 2.17 bits per heavy atom. The van der Waals surface area contributed by atoms with Gasteiger partial charge in [0.1, 0.15) is 0 Å². The molecule has 12 heavy (non-hydrogen) atoms. The molecule has 1 heterocycles. The molecular weight excluding hydrogens is 150 g/mol. The van der Waals surface area contributed by atoms with Crippen LogP contribution in [0.3, 0.4) is 0 Å². The van der Waals surface area contributed by atoms with E-state index in [1.165, 1.54) is 0 Å². The molecule has 2 unspecified atom stereocenters. The van der Waals surface area contributed by atoms with Crippen molar-refractivity contribution in [3.8, 4) is 0 Å². The van der Waals surface area contributed by atoms with Crippen LogP contribution in [0.25, 0.3) is 0 Å². The summed E-state index contributed by atoms with van der Waals surface area (Å²) in [6, 6.07) is 0. The van der Waals surface area contributed by atoms with E-state index in [9.17, 15) is 4.79 Å². The van der Waals surface area contributed by atoms with Gasteiger partial charge in [0, 0.05) is 31.8 Å². The lowest BCUT2D eigenvalue weighted by molar-refractivity contribution is -0.127. The van der Waals surface area contributed by atoms with Gasteiger partial charge in [-0.1, -0.05) is 24.3 Å². The fourth-order valence-electron chi connectivity index (χ4n) is 1.93. The molecule has 64 valence electrons. The van der Waals surface area contributed by atoms with Crippen LogP contribution in [0.5, 0.6) is 0 Å². The van der Waals surface area contributed by atoms with Gasteiger partial charge in [0.15, 0.2) is 0 Å². The number of carbonyl (C=O) groups excluding carboxylic acids is 1. The second-order valence-electron chi connectivity index (χ2n) is 3.52. The van der Waals surface area contributed by atoms with Gasteiger partial charge in [0.2, 0.25) is 5.91 Å². The molecule has 0 aromatic carbocycles. The zero-order valence-electron chi connectivity index (χ0n) is 7.23. The summed E-state index contributed by atoms with van der Waals surface area (Å²) < 4.78 is 0. The Morgan fingerprint density at radius 1 is 1.25 bits per heavy atom. The average molecular weight is 163 g/mol. The van der Waals surface area contributed by atoms with Gasteiger partial charge in [-0.3, -0.25) is 4.79 Å². The fourth-order valence-corrected chi connectivity index (χ4v) is 1.93. The minimum absolute atomic E-state index is 0.200. The van der Waals surface area contributed by atoms with E-state index in [1.54, 1.807) is 6.92 Å². The lowest BCUT2D eigenvalue weighted by atomic mass is 9.92. The van der Waals surface area contributed by atoms with Crippen molar-refractivity contribution < 1.29 is 4.79 Å². The molecule has 0 bridgehead atoms. The van der Waals surface area contributed by atoms with Gasteiger partial charge in [0.25, 0.3) is 0 Å². The molecule has 0 saturated carbocycles. The number of hydrogen-bond acceptors (Lipinski definition) is 1. The third kappa shape index (κ3) is 1.17. The van der Waals surface area contributed by atoms with E-state index >= 15 is 0 Å². The van der Waals surface area contributed by atoms with E-state index in [0.717, 1.165) is 13.1 Å². The smallest absolute Gasteiger partial charge is 0.219 e. The van der Waals surface area contributed by atoms with Crippen molar-refractivity contribution in [3.63, 3.8) is 0 Å². The van der Waals surface area contributed by atoms with E-state index in [1.807, 2.05) is 4.90 Å². The Bertz CT molecular complexity index is 235. The van der Waals surface area contributed by atoms with Crippen LogP contribution in [-0.4, -0.2) is 23.9 Å². The number of rotatable bonds is 0. The van der Waals surface area contributed by atoms with Crippen LogP contribution in [0.1, 0.15) is 6.92 Å². The van der Waals surface area contributed by atoms with Crippen molar-refractivity contribution in [1.82, 2.24) is 4.90 Å². The van der Waals surface area contributed by atoms with E-state index in [4.69, 9.17) is 0 Å². The van der Waals surface area contributed by atoms with Gasteiger partial charge < -0.3 is 4.90 Å². The Balaban J connectivity index is 2.10. The number of amides is 1. The van der Waals surface area contributed by atoms with Crippen molar-refractivity contribution in [2.75, 3.05) is 13.1 Å². The molecule has 0 aromatic heterocycles. The minimum Gasteiger partial charge on any atom is -0.342 e. The molecule has 0 spiro atoms. The first-order chi connectivity index (χ1) is 5.77. The summed E-state index contributed by atoms with van der Waals surface area (Å²) in [5.74, 6) is 1.34. The molecule has 2 nitrogen and oxygen atoms in total. The molecular formula is C10H13NO. The quantitative estimate of drug-likeness (QED) is 0.525. The second-order valence-corrected chi connectivity index (χ2v) is 3.52. The van der Waals surface area contributed by atoms with Crippen molar-refractivity contribution >= 4 is 5.91 Å². The van der Waals surface area contributed by atoms with Gasteiger partial charge in [-0.25, -0.2) is 0 Å². The van der Waals surface area contributed by atoms with Crippen LogP contribution in [-0.2, 0) is 4.79 Å². The van der Waals surface area contributed by atoms with Crippen LogP contribution in [0.4, 0.5) is 0 Å². The molecule has 1 fully saturated rings. The van der Waals surface area contributed by atoms with Crippen molar-refractivity contribution in [1.29, 1.82) is 0 Å². The minimum atomic E-state index is 0.200. The summed E-state index contributed by atoms with van der Waals surface area (Å²) in [5.41, 5.74) is 0. The third-order valence-corrected chi connectivity index (χ3v) is 2.69. The second kappa shape index (κ2) is 2.77. The van der Waals surface area contributed by atoms with Gasteiger partial charge >= 0.3 is 0 Å². The highest BCUT2D eigenvalue weighted by Crippen LogP contribution is 2.27. The average Bonchev–Trinajstić information content (AvgIpc) is 2.46. The number of likely N-dealkylation sites (tertiary alicyclic amines) is 1. The van der Waals surface area contributed by atoms with Gasteiger partial charge in [-0.15, -0.1) is 0 Å². The van der Waals surface area contributed by atoms with Crippen molar-refractivity contribution in [2.24, 2.45) is 11.8 Å². The molecule has 2 aliphatic rings. The molecule has 1 saturated heterocycles. The highest BCUT2D eigenvalue weighted by atomic mass is 16.2. The molecule has 0 aromatic rings. The zero-order valence-corrected chi connectivity index (χ0v) is 7.23. The summed E-state index contributed by atoms with van der Waals surface area (Å²) >= 11 is 0. The predicted molar refractivity (Wildman–Crippen MR) is 47.5 cm³/mol. The Hall–Kier alpha value is -1.05. The third-order valence-electron chi connectivity index (χ3n) is 2.69. The fraction of sp³-hybridized carbons (Fsp3) is 0.500. The molecule has 1 amide bonds. The highest BCUT2D eigenvalue weighted by molar-refractivity contribution is 5.73. The topological polar surface area (TPSA) is 20.3 Å². The maximum Gasteiger partial charge on any atom is 0.219 e. The van der Waals surface area contributed by atoms with E-state index in [2.05, 4.69) is 24.3 Å². The van der Waals surface area contributed by atoms with Crippen molar-refractivity contribution in [2.45, 2.75) is 6.92 Å². The highest BCUT2D eigenvalue weighted by Gasteiger charge is 2.31. The number of nitrogens with zero attached hydrogens (tertiary/aromatic N) is 1. The van der Waals surface area contributed by atoms with E-state index < -0.39 is 0 Å². The molecule has 1 aliphatic carbocycles. The summed E-state index contributed by atoms with van der Waals surface area (Å²) in [4.78, 5) is 13.0. The summed E-state index contributed by atoms with van der Waals surface area (Å²) in [6.45, 7) is 3.45. The van der Waals surface area contributed by atoms with Crippen LogP contribution in [0.15, 0.2) is 24.3 Å².